The van der Waals surface area contributed by atoms with Crippen LogP contribution in [0.2, 0.25) is 0 Å². The maximum Gasteiger partial charge on any atom is 0.612 e. The van der Waals surface area contributed by atoms with Crippen molar-refractivity contribution in [3.05, 3.63) is 47.5 Å². The van der Waals surface area contributed by atoms with Crippen molar-refractivity contribution in [3.63, 3.8) is 0 Å². The molecule has 0 unspecified atom stereocenters. The summed E-state index contributed by atoms with van der Waals surface area (Å²) in [6.07, 6.45) is 0. The van der Waals surface area contributed by atoms with Gasteiger partial charge in [0.05, 0.1) is 11.1 Å². The maximum atomic E-state index is 11.7. The molecule has 0 bridgehead atoms. The van der Waals surface area contributed by atoms with E-state index < -0.39 is 0 Å². The van der Waals surface area contributed by atoms with Crippen molar-refractivity contribution in [3.8, 4) is 22.6 Å². The minimum absolute atomic E-state index is 0.298. The van der Waals surface area contributed by atoms with E-state index in [2.05, 4.69) is 0 Å². The molecule has 2 radical (unpaired) electrons. The molecule has 4 rings (SSSR count). The lowest BCUT2D eigenvalue weighted by Crippen LogP contribution is -2.23. The second-order valence-corrected chi connectivity index (χ2v) is 4.91. The highest BCUT2D eigenvalue weighted by Gasteiger charge is 2.30. The molecule has 2 aliphatic heterocycles. The summed E-state index contributed by atoms with van der Waals surface area (Å²) in [6.45, 7) is 0.536. The lowest BCUT2D eigenvalue weighted by atomic mass is 9.94. The van der Waals surface area contributed by atoms with Crippen LogP contribution in [-0.2, 0) is 11.0 Å². The number of carbonyl (C=O) groups is 1. The first-order valence-electron chi connectivity index (χ1n) is 5.86. The van der Waals surface area contributed by atoms with Crippen molar-refractivity contribution in [1.82, 2.24) is 0 Å². The molecule has 2 aromatic rings. The fourth-order valence-corrected chi connectivity index (χ4v) is 2.93. The molecule has 0 saturated heterocycles. The Labute approximate surface area is 112 Å². The van der Waals surface area contributed by atoms with E-state index in [9.17, 15) is 4.79 Å². The molecule has 0 amide bonds. The molecule has 4 nitrogen and oxygen atoms in total. The largest absolute Gasteiger partial charge is 0.612 e. The first-order chi connectivity index (χ1) is 9.34. The molecule has 2 aliphatic rings. The molecule has 0 spiro atoms. The second-order valence-electron chi connectivity index (χ2n) is 4.34. The van der Waals surface area contributed by atoms with Crippen molar-refractivity contribution in [2.45, 2.75) is 6.61 Å². The highest BCUT2D eigenvalue weighted by molar-refractivity contribution is 6.28. The number of hydrogen-bond donors (Lipinski definition) is 0. The Morgan fingerprint density at radius 1 is 1.00 bits per heavy atom. The summed E-state index contributed by atoms with van der Waals surface area (Å²) in [5.74, 6) is 0.974. The molecule has 2 aromatic carbocycles. The van der Waals surface area contributed by atoms with Crippen molar-refractivity contribution in [2.75, 3.05) is 0 Å². The zero-order chi connectivity index (χ0) is 12.8. The molecule has 0 aliphatic carbocycles. The molecular weight excluding hydrogens is 260 g/mol. The SMILES string of the molecule is O=C1O[Si]Oc2c1ccc1c2-c2ccccc2CO1. The fourth-order valence-electron chi connectivity index (χ4n) is 2.41. The van der Waals surface area contributed by atoms with Crippen LogP contribution < -0.4 is 9.16 Å². The summed E-state index contributed by atoms with van der Waals surface area (Å²) in [4.78, 5) is 11.7. The summed E-state index contributed by atoms with van der Waals surface area (Å²) in [5, 5.41) is 0. The molecule has 5 heteroatoms. The average molecular weight is 268 g/mol. The van der Waals surface area contributed by atoms with E-state index in [0.29, 0.717) is 17.9 Å². The van der Waals surface area contributed by atoms with E-state index >= 15 is 0 Å². The normalized spacial score (nSPS) is 15.3. The van der Waals surface area contributed by atoms with Gasteiger partial charge in [-0.2, -0.15) is 0 Å². The number of benzene rings is 2. The monoisotopic (exact) mass is 268 g/mol. The van der Waals surface area contributed by atoms with Gasteiger partial charge in [0.15, 0.2) is 0 Å². The highest BCUT2D eigenvalue weighted by Crippen LogP contribution is 2.46. The lowest BCUT2D eigenvalue weighted by molar-refractivity contribution is 0.0698. The van der Waals surface area contributed by atoms with Gasteiger partial charge in [-0.25, -0.2) is 4.79 Å². The number of carbonyl (C=O) groups excluding carboxylic acids is 1. The van der Waals surface area contributed by atoms with Gasteiger partial charge >= 0.3 is 16.0 Å². The topological polar surface area (TPSA) is 44.8 Å². The Morgan fingerprint density at radius 3 is 2.84 bits per heavy atom. The minimum atomic E-state index is -0.342. The molecule has 0 atom stereocenters. The van der Waals surface area contributed by atoms with Gasteiger partial charge in [0, 0.05) is 0 Å². The fraction of sp³-hybridized carbons (Fsp3) is 0.0714. The molecule has 19 heavy (non-hydrogen) atoms. The highest BCUT2D eigenvalue weighted by atomic mass is 28.3. The van der Waals surface area contributed by atoms with Crippen molar-refractivity contribution in [2.24, 2.45) is 0 Å². The summed E-state index contributed by atoms with van der Waals surface area (Å²) in [5.41, 5.74) is 3.45. The van der Waals surface area contributed by atoms with E-state index in [1.807, 2.05) is 24.3 Å². The zero-order valence-electron chi connectivity index (χ0n) is 9.80. The number of rotatable bonds is 0. The maximum absolute atomic E-state index is 11.7. The van der Waals surface area contributed by atoms with Gasteiger partial charge in [-0.3, -0.25) is 0 Å². The standard InChI is InChI=1S/C14H8O4Si/c15-14-10-5-6-11-12(13(10)17-19-18-14)9-4-2-1-3-8(9)7-16-11/h1-6H,7H2. The molecule has 0 N–H and O–H groups in total. The third-order valence-electron chi connectivity index (χ3n) is 3.29. The Kier molecular flexibility index (Phi) is 2.16. The van der Waals surface area contributed by atoms with Crippen LogP contribution in [0, 0.1) is 0 Å². The van der Waals surface area contributed by atoms with Crippen molar-refractivity contribution < 1.29 is 18.4 Å². The van der Waals surface area contributed by atoms with Gasteiger partial charge in [-0.1, -0.05) is 24.3 Å². The summed E-state index contributed by atoms with van der Waals surface area (Å²) < 4.78 is 16.2. The van der Waals surface area contributed by atoms with E-state index in [1.54, 1.807) is 12.1 Å². The minimum Gasteiger partial charge on any atom is -0.506 e. The van der Waals surface area contributed by atoms with E-state index in [-0.39, 0.29) is 16.0 Å². The Balaban J connectivity index is 2.03. The van der Waals surface area contributed by atoms with Crippen LogP contribution >= 0.6 is 0 Å². The Morgan fingerprint density at radius 2 is 1.89 bits per heavy atom. The van der Waals surface area contributed by atoms with E-state index in [0.717, 1.165) is 22.4 Å². The molecule has 0 fully saturated rings. The zero-order valence-corrected chi connectivity index (χ0v) is 10.8. The summed E-state index contributed by atoms with van der Waals surface area (Å²) in [6, 6.07) is 11.5. The predicted octanol–water partition coefficient (Wildman–Crippen LogP) is 2.33. The third kappa shape index (κ3) is 1.48. The van der Waals surface area contributed by atoms with Crippen LogP contribution in [0.15, 0.2) is 36.4 Å². The summed E-state index contributed by atoms with van der Waals surface area (Å²) >= 11 is 0. The number of hydrogen-bond acceptors (Lipinski definition) is 4. The van der Waals surface area contributed by atoms with Gasteiger partial charge < -0.3 is 13.6 Å². The van der Waals surface area contributed by atoms with Gasteiger partial charge in [-0.05, 0) is 23.3 Å². The van der Waals surface area contributed by atoms with Crippen LogP contribution in [0.3, 0.4) is 0 Å². The number of ether oxygens (including phenoxy) is 1. The third-order valence-corrected chi connectivity index (χ3v) is 3.84. The quantitative estimate of drug-likeness (QED) is 0.688. The average Bonchev–Trinajstić information content (AvgIpc) is 2.47. The Bertz CT molecular complexity index is 696. The molecular formula is C14H8O4Si. The molecule has 0 aromatic heterocycles. The van der Waals surface area contributed by atoms with Crippen molar-refractivity contribution >= 4 is 16.0 Å². The predicted molar refractivity (Wildman–Crippen MR) is 68.0 cm³/mol. The van der Waals surface area contributed by atoms with E-state index in [4.69, 9.17) is 13.6 Å². The Hall–Kier alpha value is -2.27. The van der Waals surface area contributed by atoms with Gasteiger partial charge in [-0.15, -0.1) is 0 Å². The molecule has 2 heterocycles. The van der Waals surface area contributed by atoms with Crippen LogP contribution in [0.1, 0.15) is 15.9 Å². The molecule has 0 saturated carbocycles. The molecule has 92 valence electrons. The van der Waals surface area contributed by atoms with Crippen molar-refractivity contribution in [1.29, 1.82) is 0 Å². The van der Waals surface area contributed by atoms with Crippen LogP contribution in [0.5, 0.6) is 11.5 Å². The van der Waals surface area contributed by atoms with Crippen LogP contribution in [0.25, 0.3) is 11.1 Å². The summed E-state index contributed by atoms with van der Waals surface area (Å²) in [7, 11) is -0.298. The van der Waals surface area contributed by atoms with E-state index in [1.165, 1.54) is 0 Å². The van der Waals surface area contributed by atoms with Gasteiger partial charge in [0.1, 0.15) is 18.1 Å². The van der Waals surface area contributed by atoms with Gasteiger partial charge in [0.2, 0.25) is 0 Å². The van der Waals surface area contributed by atoms with Crippen LogP contribution in [0.4, 0.5) is 0 Å². The number of fused-ring (bicyclic) bond motifs is 5. The lowest BCUT2D eigenvalue weighted by Gasteiger charge is -2.25. The second kappa shape index (κ2) is 3.86. The smallest absolute Gasteiger partial charge is 0.506 e. The van der Waals surface area contributed by atoms with Gasteiger partial charge in [0.25, 0.3) is 0 Å². The first-order valence-corrected chi connectivity index (χ1v) is 6.67. The first kappa shape index (κ1) is 10.6. The van der Waals surface area contributed by atoms with Crippen LogP contribution in [-0.4, -0.2) is 16.0 Å².